The number of aromatic nitrogens is 4. The largest absolute Gasteiger partial charge is 0.354 e. The predicted octanol–water partition coefficient (Wildman–Crippen LogP) is 0.796. The molecule has 0 unspecified atom stereocenters. The lowest BCUT2D eigenvalue weighted by Gasteiger charge is -2.31. The van der Waals surface area contributed by atoms with Gasteiger partial charge in [-0.15, -0.1) is 0 Å². The molecule has 1 aliphatic rings. The van der Waals surface area contributed by atoms with Gasteiger partial charge in [-0.2, -0.15) is 14.5 Å². The Bertz CT molecular complexity index is 922. The minimum atomic E-state index is -3.66. The number of aryl methyl sites for hydroxylation is 1. The van der Waals surface area contributed by atoms with E-state index >= 15 is 0 Å². The van der Waals surface area contributed by atoms with Gasteiger partial charge in [0.15, 0.2) is 0 Å². The standard InChI is InChI=1S/C16H23ClN6O3S/c1-12-15(9-19-21(12)2)27(25,26)23-6-3-4-13(10-23)16(24)18-5-7-22-11-14(17)8-20-22/h8-9,11,13H,3-7,10H2,1-2H3,(H,18,24)/t13-/m1/s1. The first-order chi connectivity index (χ1) is 12.8. The summed E-state index contributed by atoms with van der Waals surface area (Å²) in [4.78, 5) is 12.7. The van der Waals surface area contributed by atoms with E-state index in [1.165, 1.54) is 21.4 Å². The first kappa shape index (κ1) is 19.8. The molecule has 1 saturated heterocycles. The molecule has 1 aliphatic heterocycles. The van der Waals surface area contributed by atoms with Gasteiger partial charge in [-0.05, 0) is 19.8 Å². The molecule has 1 N–H and O–H groups in total. The van der Waals surface area contributed by atoms with E-state index in [0.717, 1.165) is 0 Å². The van der Waals surface area contributed by atoms with Crippen molar-refractivity contribution in [1.82, 2.24) is 29.2 Å². The Labute approximate surface area is 163 Å². The van der Waals surface area contributed by atoms with Gasteiger partial charge < -0.3 is 5.32 Å². The van der Waals surface area contributed by atoms with Crippen LogP contribution >= 0.6 is 11.6 Å². The lowest BCUT2D eigenvalue weighted by atomic mass is 9.99. The number of nitrogens with zero attached hydrogens (tertiary/aromatic N) is 5. The van der Waals surface area contributed by atoms with Crippen LogP contribution in [0.25, 0.3) is 0 Å². The van der Waals surface area contributed by atoms with Gasteiger partial charge in [-0.25, -0.2) is 8.42 Å². The highest BCUT2D eigenvalue weighted by atomic mass is 35.5. The molecule has 0 radical (unpaired) electrons. The molecular weight excluding hydrogens is 392 g/mol. The maximum Gasteiger partial charge on any atom is 0.246 e. The molecule has 1 atom stereocenters. The van der Waals surface area contributed by atoms with Crippen molar-refractivity contribution in [3.8, 4) is 0 Å². The van der Waals surface area contributed by atoms with Crippen LogP contribution in [0.15, 0.2) is 23.5 Å². The van der Waals surface area contributed by atoms with Crippen molar-refractivity contribution in [2.45, 2.75) is 31.2 Å². The Kier molecular flexibility index (Phi) is 5.87. The third-order valence-electron chi connectivity index (χ3n) is 4.80. The zero-order chi connectivity index (χ0) is 19.6. The third-order valence-corrected chi connectivity index (χ3v) is 6.97. The van der Waals surface area contributed by atoms with Crippen molar-refractivity contribution in [2.75, 3.05) is 19.6 Å². The molecule has 2 aromatic rings. The Hall–Kier alpha value is -1.91. The predicted molar refractivity (Wildman–Crippen MR) is 99.7 cm³/mol. The second kappa shape index (κ2) is 7.99. The number of carbonyl (C=O) groups excluding carboxylic acids is 1. The Morgan fingerprint density at radius 1 is 1.37 bits per heavy atom. The van der Waals surface area contributed by atoms with Gasteiger partial charge in [-0.1, -0.05) is 11.6 Å². The molecule has 0 aromatic carbocycles. The second-order valence-electron chi connectivity index (χ2n) is 6.63. The Morgan fingerprint density at radius 3 is 2.78 bits per heavy atom. The number of nitrogens with one attached hydrogen (secondary N) is 1. The molecule has 148 valence electrons. The number of rotatable bonds is 6. The van der Waals surface area contributed by atoms with Gasteiger partial charge in [0.05, 0.1) is 35.6 Å². The highest BCUT2D eigenvalue weighted by Crippen LogP contribution is 2.25. The normalized spacial score (nSPS) is 18.6. The zero-order valence-corrected chi connectivity index (χ0v) is 16.9. The van der Waals surface area contributed by atoms with Gasteiger partial charge in [0, 0.05) is 32.9 Å². The summed E-state index contributed by atoms with van der Waals surface area (Å²) in [5.74, 6) is -0.511. The third kappa shape index (κ3) is 4.33. The van der Waals surface area contributed by atoms with Crippen LogP contribution in [0.4, 0.5) is 0 Å². The van der Waals surface area contributed by atoms with Gasteiger partial charge in [-0.3, -0.25) is 14.2 Å². The average molecular weight is 415 g/mol. The highest BCUT2D eigenvalue weighted by molar-refractivity contribution is 7.89. The number of hydrogen-bond donors (Lipinski definition) is 1. The smallest absolute Gasteiger partial charge is 0.246 e. The van der Waals surface area contributed by atoms with E-state index in [9.17, 15) is 13.2 Å². The van der Waals surface area contributed by atoms with Crippen molar-refractivity contribution >= 4 is 27.5 Å². The molecule has 0 bridgehead atoms. The van der Waals surface area contributed by atoms with Crippen molar-refractivity contribution in [1.29, 1.82) is 0 Å². The number of carbonyl (C=O) groups is 1. The molecule has 1 fully saturated rings. The van der Waals surface area contributed by atoms with Crippen molar-refractivity contribution < 1.29 is 13.2 Å². The number of halogens is 1. The summed E-state index contributed by atoms with van der Waals surface area (Å²) in [6.45, 7) is 3.21. The van der Waals surface area contributed by atoms with E-state index < -0.39 is 10.0 Å². The number of sulfonamides is 1. The topological polar surface area (TPSA) is 102 Å². The van der Waals surface area contributed by atoms with Gasteiger partial charge in [0.2, 0.25) is 15.9 Å². The van der Waals surface area contributed by atoms with E-state index in [2.05, 4.69) is 15.5 Å². The molecule has 0 aliphatic carbocycles. The molecular formula is C16H23ClN6O3S. The van der Waals surface area contributed by atoms with E-state index in [1.54, 1.807) is 24.9 Å². The summed E-state index contributed by atoms with van der Waals surface area (Å²) in [6.07, 6.45) is 5.89. The summed E-state index contributed by atoms with van der Waals surface area (Å²) in [5, 5.41) is 11.5. The van der Waals surface area contributed by atoms with Gasteiger partial charge >= 0.3 is 0 Å². The van der Waals surface area contributed by atoms with E-state index in [-0.39, 0.29) is 23.3 Å². The molecule has 9 nitrogen and oxygen atoms in total. The van der Waals surface area contributed by atoms with Crippen LogP contribution in [-0.2, 0) is 28.4 Å². The van der Waals surface area contributed by atoms with Crippen LogP contribution in [-0.4, -0.2) is 57.8 Å². The van der Waals surface area contributed by atoms with Crippen molar-refractivity contribution in [2.24, 2.45) is 13.0 Å². The zero-order valence-electron chi connectivity index (χ0n) is 15.3. The van der Waals surface area contributed by atoms with Crippen LogP contribution in [0.1, 0.15) is 18.5 Å². The lowest BCUT2D eigenvalue weighted by molar-refractivity contribution is -0.126. The fourth-order valence-corrected chi connectivity index (χ4v) is 5.01. The molecule has 11 heteroatoms. The minimum absolute atomic E-state index is 0.143. The van der Waals surface area contributed by atoms with E-state index in [4.69, 9.17) is 11.6 Å². The summed E-state index contributed by atoms with van der Waals surface area (Å²) < 4.78 is 30.4. The van der Waals surface area contributed by atoms with E-state index in [0.29, 0.717) is 43.2 Å². The van der Waals surface area contributed by atoms with Crippen LogP contribution in [0.3, 0.4) is 0 Å². The number of hydrogen-bond acceptors (Lipinski definition) is 5. The minimum Gasteiger partial charge on any atom is -0.354 e. The number of amides is 1. The van der Waals surface area contributed by atoms with Crippen LogP contribution < -0.4 is 5.32 Å². The SMILES string of the molecule is Cc1c(S(=O)(=O)N2CCC[C@@H](C(=O)NCCn3cc(Cl)cn3)C2)cnn1C. The maximum atomic E-state index is 12.9. The second-order valence-corrected chi connectivity index (χ2v) is 8.98. The molecule has 3 heterocycles. The quantitative estimate of drug-likeness (QED) is 0.753. The highest BCUT2D eigenvalue weighted by Gasteiger charge is 2.34. The molecule has 27 heavy (non-hydrogen) atoms. The first-order valence-corrected chi connectivity index (χ1v) is 10.6. The Morgan fingerprint density at radius 2 is 2.15 bits per heavy atom. The van der Waals surface area contributed by atoms with Crippen molar-refractivity contribution in [3.63, 3.8) is 0 Å². The summed E-state index contributed by atoms with van der Waals surface area (Å²) in [6, 6.07) is 0. The fraction of sp³-hybridized carbons (Fsp3) is 0.562. The number of piperidine rings is 1. The van der Waals surface area contributed by atoms with Gasteiger partial charge in [0.1, 0.15) is 4.90 Å². The van der Waals surface area contributed by atoms with Crippen LogP contribution in [0, 0.1) is 12.8 Å². The van der Waals surface area contributed by atoms with Crippen molar-refractivity contribution in [3.05, 3.63) is 29.3 Å². The monoisotopic (exact) mass is 414 g/mol. The first-order valence-electron chi connectivity index (χ1n) is 8.73. The average Bonchev–Trinajstić information content (AvgIpc) is 3.21. The summed E-state index contributed by atoms with van der Waals surface area (Å²) in [5.41, 5.74) is 0.583. The Balaban J connectivity index is 1.59. The molecule has 1 amide bonds. The van der Waals surface area contributed by atoms with Crippen LogP contribution in [0.5, 0.6) is 0 Å². The molecule has 0 saturated carbocycles. The molecule has 2 aromatic heterocycles. The molecule has 3 rings (SSSR count). The van der Waals surface area contributed by atoms with Gasteiger partial charge in [0.25, 0.3) is 0 Å². The maximum absolute atomic E-state index is 12.9. The lowest BCUT2D eigenvalue weighted by Crippen LogP contribution is -2.45. The summed E-state index contributed by atoms with van der Waals surface area (Å²) >= 11 is 5.81. The molecule has 0 spiro atoms. The van der Waals surface area contributed by atoms with Crippen LogP contribution in [0.2, 0.25) is 5.02 Å². The summed E-state index contributed by atoms with van der Waals surface area (Å²) in [7, 11) is -1.96. The van der Waals surface area contributed by atoms with E-state index in [1.807, 2.05) is 0 Å². The fourth-order valence-electron chi connectivity index (χ4n) is 3.14.